The van der Waals surface area contributed by atoms with Crippen molar-refractivity contribution >= 4 is 5.78 Å². The fraction of sp³-hybridized carbons (Fsp3) is 0.880. The molecule has 0 bridgehead atoms. The summed E-state index contributed by atoms with van der Waals surface area (Å²) < 4.78 is 22.0. The molecule has 2 saturated heterocycles. The number of aliphatic hydroxyl groups is 12. The van der Waals surface area contributed by atoms with Crippen LogP contribution < -0.4 is 5.32 Å². The molecule has 16 atom stereocenters. The monoisotopic (exact) mass is 629 g/mol. The molecule has 0 aromatic heterocycles. The van der Waals surface area contributed by atoms with Crippen LogP contribution in [0.5, 0.6) is 0 Å². The van der Waals surface area contributed by atoms with Crippen LogP contribution in [0, 0.1) is 0 Å². The van der Waals surface area contributed by atoms with Gasteiger partial charge in [-0.25, -0.2) is 0 Å². The molecule has 1 aliphatic carbocycles. The number of aliphatic hydroxyl groups excluding tert-OH is 12. The Bertz CT molecular complexity index is 924. The molecule has 0 aromatic rings. The lowest BCUT2D eigenvalue weighted by Crippen LogP contribution is -2.67. The zero-order chi connectivity index (χ0) is 32.2. The fourth-order valence-corrected chi connectivity index (χ4v) is 5.27. The maximum atomic E-state index is 12.3. The third-order valence-electron chi connectivity index (χ3n) is 7.80. The van der Waals surface area contributed by atoms with Gasteiger partial charge in [-0.15, -0.1) is 0 Å². The van der Waals surface area contributed by atoms with E-state index in [0.29, 0.717) is 5.57 Å². The zero-order valence-electron chi connectivity index (χ0n) is 23.3. The second-order valence-corrected chi connectivity index (χ2v) is 10.9. The van der Waals surface area contributed by atoms with Gasteiger partial charge in [-0.05, 0) is 18.9 Å². The number of ketones is 1. The molecule has 3 aliphatic rings. The quantitative estimate of drug-likeness (QED) is 0.0841. The van der Waals surface area contributed by atoms with Crippen molar-refractivity contribution in [3.8, 4) is 0 Å². The number of nitrogens with one attached hydrogen (secondary N) is 1. The van der Waals surface area contributed by atoms with Crippen molar-refractivity contribution in [2.45, 2.75) is 111 Å². The average Bonchev–Trinajstić information content (AvgIpc) is 3.00. The van der Waals surface area contributed by atoms with E-state index in [9.17, 15) is 61.0 Å². The van der Waals surface area contributed by atoms with E-state index in [1.165, 1.54) is 13.0 Å². The van der Waals surface area contributed by atoms with Gasteiger partial charge in [-0.3, -0.25) is 4.79 Å². The highest BCUT2D eigenvalue weighted by Crippen LogP contribution is 2.31. The molecule has 250 valence electrons. The summed E-state index contributed by atoms with van der Waals surface area (Å²) >= 11 is 0. The predicted molar refractivity (Wildman–Crippen MR) is 138 cm³/mol. The van der Waals surface area contributed by atoms with E-state index in [2.05, 4.69) is 5.32 Å². The molecule has 0 radical (unpaired) electrons. The molecule has 18 heteroatoms. The number of carbonyl (C=O) groups excluding carboxylic acids is 1. The average molecular weight is 630 g/mol. The smallest absolute Gasteiger partial charge is 0.195 e. The van der Waals surface area contributed by atoms with Gasteiger partial charge in [-0.1, -0.05) is 6.08 Å². The third-order valence-corrected chi connectivity index (χ3v) is 7.80. The summed E-state index contributed by atoms with van der Waals surface area (Å²) in [6, 6.07) is -1.94. The maximum absolute atomic E-state index is 12.3. The van der Waals surface area contributed by atoms with E-state index in [4.69, 9.17) is 24.1 Å². The van der Waals surface area contributed by atoms with E-state index in [0.717, 1.165) is 0 Å². The Morgan fingerprint density at radius 1 is 0.930 bits per heavy atom. The van der Waals surface area contributed by atoms with Crippen LogP contribution in [0.4, 0.5) is 0 Å². The topological polar surface area (TPSA) is 309 Å². The SMILES string of the molecule is C[C@H]1OC(OC2C(CO)O[C@H](OC(C(=O)C(O)CO)[C@H](O)CO)[C@H](O)C2O)C(O)[C@@H](O)C1NC1C=C(CO)CC(O)[C@H]1O. The van der Waals surface area contributed by atoms with Gasteiger partial charge in [0, 0.05) is 0 Å². The van der Waals surface area contributed by atoms with Gasteiger partial charge in [0.1, 0.15) is 54.9 Å². The first-order valence-electron chi connectivity index (χ1n) is 13.8. The van der Waals surface area contributed by atoms with Crippen molar-refractivity contribution in [2.75, 3.05) is 26.4 Å². The molecule has 18 nitrogen and oxygen atoms in total. The van der Waals surface area contributed by atoms with Gasteiger partial charge in [0.2, 0.25) is 0 Å². The third kappa shape index (κ3) is 8.12. The Balaban J connectivity index is 1.70. The lowest BCUT2D eigenvalue weighted by atomic mass is 9.88. The number of ether oxygens (including phenoxy) is 4. The first kappa shape index (κ1) is 36.2. The van der Waals surface area contributed by atoms with Gasteiger partial charge < -0.3 is 85.5 Å². The highest BCUT2D eigenvalue weighted by Gasteiger charge is 2.52. The summed E-state index contributed by atoms with van der Waals surface area (Å²) in [5.74, 6) is -1.27. The molecule has 0 spiro atoms. The van der Waals surface area contributed by atoms with Gasteiger partial charge in [0.15, 0.2) is 18.4 Å². The molecule has 3 rings (SSSR count). The lowest BCUT2D eigenvalue weighted by Gasteiger charge is -2.47. The molecular weight excluding hydrogens is 586 g/mol. The molecule has 0 aromatic carbocycles. The molecular formula is C25H43NO17. The predicted octanol–water partition coefficient (Wildman–Crippen LogP) is -7.69. The number of carbonyl (C=O) groups is 1. The van der Waals surface area contributed by atoms with Crippen LogP contribution in [0.25, 0.3) is 0 Å². The summed E-state index contributed by atoms with van der Waals surface area (Å²) in [5.41, 5.74) is 0.448. The summed E-state index contributed by atoms with van der Waals surface area (Å²) in [7, 11) is 0. The second kappa shape index (κ2) is 15.8. The van der Waals surface area contributed by atoms with Gasteiger partial charge in [0.05, 0.1) is 56.8 Å². The van der Waals surface area contributed by atoms with Crippen molar-refractivity contribution in [3.05, 3.63) is 11.6 Å². The van der Waals surface area contributed by atoms with Crippen LogP contribution in [-0.2, 0) is 23.7 Å². The van der Waals surface area contributed by atoms with Crippen molar-refractivity contribution in [3.63, 3.8) is 0 Å². The van der Waals surface area contributed by atoms with E-state index in [1.807, 2.05) is 0 Å². The van der Waals surface area contributed by atoms with Crippen LogP contribution in [0.3, 0.4) is 0 Å². The Hall–Kier alpha value is -1.27. The lowest BCUT2D eigenvalue weighted by molar-refractivity contribution is -0.356. The number of Topliss-reactive ketones (excluding diaryl/α,β-unsaturated/α-hetero) is 1. The summed E-state index contributed by atoms with van der Waals surface area (Å²) in [5, 5.41) is 124. The van der Waals surface area contributed by atoms with Crippen LogP contribution in [0.1, 0.15) is 13.3 Å². The molecule has 2 heterocycles. The first-order valence-corrected chi connectivity index (χ1v) is 13.8. The zero-order valence-corrected chi connectivity index (χ0v) is 23.3. The molecule has 0 amide bonds. The fourth-order valence-electron chi connectivity index (χ4n) is 5.27. The molecule has 10 unspecified atom stereocenters. The van der Waals surface area contributed by atoms with Crippen molar-refractivity contribution in [2.24, 2.45) is 0 Å². The van der Waals surface area contributed by atoms with E-state index >= 15 is 0 Å². The highest BCUT2D eigenvalue weighted by molar-refractivity contribution is 5.87. The number of hydrogen-bond donors (Lipinski definition) is 13. The molecule has 2 aliphatic heterocycles. The summed E-state index contributed by atoms with van der Waals surface area (Å²) in [4.78, 5) is 12.3. The van der Waals surface area contributed by atoms with Crippen molar-refractivity contribution in [1.82, 2.24) is 5.32 Å². The molecule has 0 saturated carbocycles. The minimum atomic E-state index is -2.02. The van der Waals surface area contributed by atoms with Crippen LogP contribution >= 0.6 is 0 Å². The van der Waals surface area contributed by atoms with Crippen LogP contribution in [0.2, 0.25) is 0 Å². The minimum absolute atomic E-state index is 0.0484. The maximum Gasteiger partial charge on any atom is 0.195 e. The first-order chi connectivity index (χ1) is 20.3. The Labute approximate surface area is 245 Å². The van der Waals surface area contributed by atoms with Gasteiger partial charge in [0.25, 0.3) is 0 Å². The molecule has 43 heavy (non-hydrogen) atoms. The standard InChI is InChI=1S/C25H43NO17/c1-8-15(26-10-2-9(4-27)3-11(31)16(10)34)18(36)20(38)24(40-8)43-23-14(7-30)41-25(21(39)19(23)37)42-22(13(33)6-29)17(35)12(32)5-28/h2,8,10-16,18-34,36-39H,3-7H2,1H3/t8-,10?,11?,12?,13-,14?,15?,16+,18+,19?,20?,21-,22?,23?,24?,25-/m1/s1. The number of rotatable bonds is 13. The molecule has 2 fully saturated rings. The van der Waals surface area contributed by atoms with E-state index < -0.39 is 124 Å². The van der Waals surface area contributed by atoms with Crippen molar-refractivity contribution < 1.29 is 85.0 Å². The van der Waals surface area contributed by atoms with Crippen LogP contribution in [-0.4, -0.2) is 191 Å². The van der Waals surface area contributed by atoms with E-state index in [1.54, 1.807) is 0 Å². The Morgan fingerprint density at radius 2 is 1.58 bits per heavy atom. The molecule has 13 N–H and O–H groups in total. The van der Waals surface area contributed by atoms with Gasteiger partial charge >= 0.3 is 0 Å². The Morgan fingerprint density at radius 3 is 2.16 bits per heavy atom. The van der Waals surface area contributed by atoms with Gasteiger partial charge in [-0.2, -0.15) is 0 Å². The minimum Gasteiger partial charge on any atom is -0.394 e. The number of hydrogen-bond acceptors (Lipinski definition) is 18. The van der Waals surface area contributed by atoms with E-state index in [-0.39, 0.29) is 13.0 Å². The normalized spacial score (nSPS) is 42.6. The van der Waals surface area contributed by atoms with Crippen LogP contribution in [0.15, 0.2) is 11.6 Å². The summed E-state index contributed by atoms with van der Waals surface area (Å²) in [6.07, 6.45) is -21.9. The van der Waals surface area contributed by atoms with Crippen molar-refractivity contribution in [1.29, 1.82) is 0 Å². The largest absolute Gasteiger partial charge is 0.394 e. The Kier molecular flexibility index (Phi) is 13.3. The summed E-state index contributed by atoms with van der Waals surface area (Å²) in [6.45, 7) is -1.82. The second-order valence-electron chi connectivity index (χ2n) is 10.9. The highest BCUT2D eigenvalue weighted by atomic mass is 16.7.